The lowest BCUT2D eigenvalue weighted by atomic mass is 10.1. The molecule has 8 heteroatoms. The van der Waals surface area contributed by atoms with Crippen molar-refractivity contribution >= 4 is 52.9 Å². The molecule has 132 valence electrons. The number of rotatable bonds is 2. The maximum atomic E-state index is 12.7. The predicted octanol–water partition coefficient (Wildman–Crippen LogP) is 3.15. The second-order valence-electron chi connectivity index (χ2n) is 5.63. The van der Waals surface area contributed by atoms with Gasteiger partial charge in [-0.05, 0) is 31.5 Å². The van der Waals surface area contributed by atoms with E-state index in [0.29, 0.717) is 24.3 Å². The Balaban J connectivity index is 0.00000144. The number of amides is 1. The first-order valence-corrected chi connectivity index (χ1v) is 8.25. The van der Waals surface area contributed by atoms with Gasteiger partial charge in [0.2, 0.25) is 0 Å². The summed E-state index contributed by atoms with van der Waals surface area (Å²) in [6, 6.07) is 5.50. The number of nitrogens with zero attached hydrogens (tertiary/aromatic N) is 3. The van der Waals surface area contributed by atoms with Crippen molar-refractivity contribution in [2.75, 3.05) is 36.8 Å². The normalized spacial score (nSPS) is 13.9. The lowest BCUT2D eigenvalue weighted by molar-refractivity contribution is 0.0746. The minimum absolute atomic E-state index is 0. The third kappa shape index (κ3) is 4.32. The van der Waals surface area contributed by atoms with Gasteiger partial charge in [-0.3, -0.25) is 4.79 Å². The van der Waals surface area contributed by atoms with E-state index >= 15 is 0 Å². The van der Waals surface area contributed by atoms with Gasteiger partial charge in [-0.2, -0.15) is 0 Å². The average molecular weight is 389 g/mol. The summed E-state index contributed by atoms with van der Waals surface area (Å²) in [5.74, 6) is 0.0692. The zero-order valence-corrected chi connectivity index (χ0v) is 16.1. The van der Waals surface area contributed by atoms with Crippen LogP contribution in [0.2, 0.25) is 0 Å². The number of nitrogen functional groups attached to an aromatic ring is 1. The quantitative estimate of drug-likeness (QED) is 0.802. The molecule has 0 aliphatic carbocycles. The van der Waals surface area contributed by atoms with Crippen LogP contribution in [0.4, 0.5) is 10.8 Å². The molecule has 2 aromatic rings. The Kier molecular flexibility index (Phi) is 7.32. The molecule has 0 radical (unpaired) electrons. The highest BCUT2D eigenvalue weighted by molar-refractivity contribution is 7.13. The van der Waals surface area contributed by atoms with Crippen LogP contribution in [0, 0.1) is 13.8 Å². The van der Waals surface area contributed by atoms with E-state index in [1.165, 1.54) is 0 Å². The molecule has 0 unspecified atom stereocenters. The number of piperazine rings is 1. The zero-order valence-electron chi connectivity index (χ0n) is 13.7. The van der Waals surface area contributed by atoms with Crippen molar-refractivity contribution in [2.24, 2.45) is 0 Å². The molecule has 0 spiro atoms. The number of anilines is 2. The summed E-state index contributed by atoms with van der Waals surface area (Å²) in [5.41, 5.74) is 9.17. The second-order valence-corrected chi connectivity index (χ2v) is 6.46. The number of thiazole rings is 1. The van der Waals surface area contributed by atoms with Crippen LogP contribution in [0.1, 0.15) is 21.6 Å². The summed E-state index contributed by atoms with van der Waals surface area (Å²) in [5, 5.41) is 3.10. The van der Waals surface area contributed by atoms with Crippen LogP contribution in [-0.2, 0) is 0 Å². The number of aryl methyl sites for hydroxylation is 2. The molecule has 24 heavy (non-hydrogen) atoms. The molecular weight excluding hydrogens is 367 g/mol. The van der Waals surface area contributed by atoms with Crippen LogP contribution in [0.25, 0.3) is 0 Å². The van der Waals surface area contributed by atoms with Crippen molar-refractivity contribution in [1.29, 1.82) is 0 Å². The minimum Gasteiger partial charge on any atom is -0.399 e. The van der Waals surface area contributed by atoms with E-state index in [2.05, 4.69) is 15.3 Å². The fourth-order valence-corrected chi connectivity index (χ4v) is 3.49. The predicted molar refractivity (Wildman–Crippen MR) is 105 cm³/mol. The maximum absolute atomic E-state index is 12.7. The molecule has 5 nitrogen and oxygen atoms in total. The van der Waals surface area contributed by atoms with Crippen molar-refractivity contribution in [3.8, 4) is 0 Å². The van der Waals surface area contributed by atoms with Gasteiger partial charge in [-0.15, -0.1) is 36.2 Å². The summed E-state index contributed by atoms with van der Waals surface area (Å²) in [6.45, 7) is 7.02. The molecule has 1 fully saturated rings. The highest BCUT2D eigenvalue weighted by atomic mass is 35.5. The number of carbonyl (C=O) groups excluding carboxylic acids is 1. The summed E-state index contributed by atoms with van der Waals surface area (Å²) in [7, 11) is 0. The zero-order chi connectivity index (χ0) is 15.7. The molecule has 0 saturated carbocycles. The summed E-state index contributed by atoms with van der Waals surface area (Å²) >= 11 is 1.66. The van der Waals surface area contributed by atoms with E-state index in [1.807, 2.05) is 30.9 Å². The first-order valence-electron chi connectivity index (χ1n) is 7.37. The molecule has 1 amide bonds. The molecule has 3 rings (SSSR count). The van der Waals surface area contributed by atoms with Gasteiger partial charge in [0.15, 0.2) is 5.13 Å². The highest BCUT2D eigenvalue weighted by Crippen LogP contribution is 2.22. The third-order valence-electron chi connectivity index (χ3n) is 3.94. The summed E-state index contributed by atoms with van der Waals surface area (Å²) in [4.78, 5) is 21.3. The van der Waals surface area contributed by atoms with E-state index in [9.17, 15) is 4.79 Å². The van der Waals surface area contributed by atoms with Crippen LogP contribution in [0.3, 0.4) is 0 Å². The molecule has 1 aromatic carbocycles. The van der Waals surface area contributed by atoms with Gasteiger partial charge in [0.1, 0.15) is 0 Å². The fourth-order valence-electron chi connectivity index (χ4n) is 2.63. The fraction of sp³-hybridized carbons (Fsp3) is 0.375. The molecule has 0 atom stereocenters. The van der Waals surface area contributed by atoms with Gasteiger partial charge in [0.05, 0.1) is 5.69 Å². The number of aromatic nitrogens is 1. The molecule has 2 N–H and O–H groups in total. The largest absolute Gasteiger partial charge is 0.399 e. The Hall–Kier alpha value is -1.50. The van der Waals surface area contributed by atoms with Crippen molar-refractivity contribution in [1.82, 2.24) is 9.88 Å². The third-order valence-corrected chi connectivity index (χ3v) is 4.96. The van der Waals surface area contributed by atoms with Gasteiger partial charge in [0, 0.05) is 42.8 Å². The number of nitrogens with two attached hydrogens (primary N) is 1. The van der Waals surface area contributed by atoms with E-state index in [-0.39, 0.29) is 30.7 Å². The van der Waals surface area contributed by atoms with Crippen molar-refractivity contribution in [3.05, 3.63) is 40.4 Å². The molecule has 2 heterocycles. The Bertz CT molecular complexity index is 699. The van der Waals surface area contributed by atoms with Gasteiger partial charge in [-0.1, -0.05) is 6.07 Å². The second kappa shape index (κ2) is 8.55. The van der Waals surface area contributed by atoms with Gasteiger partial charge in [-0.25, -0.2) is 4.98 Å². The molecule has 1 saturated heterocycles. The molecule has 1 aromatic heterocycles. The monoisotopic (exact) mass is 388 g/mol. The molecule has 0 bridgehead atoms. The highest BCUT2D eigenvalue weighted by Gasteiger charge is 2.24. The van der Waals surface area contributed by atoms with E-state index in [4.69, 9.17) is 5.73 Å². The van der Waals surface area contributed by atoms with Crippen LogP contribution in [-0.4, -0.2) is 42.0 Å². The Labute approximate surface area is 158 Å². The lowest BCUT2D eigenvalue weighted by Crippen LogP contribution is -2.49. The van der Waals surface area contributed by atoms with Crippen LogP contribution < -0.4 is 10.6 Å². The van der Waals surface area contributed by atoms with Gasteiger partial charge < -0.3 is 15.5 Å². The van der Waals surface area contributed by atoms with Crippen LogP contribution in [0.15, 0.2) is 23.6 Å². The smallest absolute Gasteiger partial charge is 0.254 e. The molecular formula is C16H22Cl2N4OS. The van der Waals surface area contributed by atoms with Gasteiger partial charge in [0.25, 0.3) is 5.91 Å². The van der Waals surface area contributed by atoms with E-state index < -0.39 is 0 Å². The first-order chi connectivity index (χ1) is 10.5. The van der Waals surface area contributed by atoms with Crippen LogP contribution in [0.5, 0.6) is 0 Å². The first kappa shape index (κ1) is 20.5. The van der Waals surface area contributed by atoms with Crippen molar-refractivity contribution < 1.29 is 4.79 Å². The summed E-state index contributed by atoms with van der Waals surface area (Å²) in [6.07, 6.45) is 0. The topological polar surface area (TPSA) is 62.5 Å². The van der Waals surface area contributed by atoms with E-state index in [0.717, 1.165) is 29.5 Å². The number of carbonyl (C=O) groups is 1. The molecule has 1 aliphatic heterocycles. The van der Waals surface area contributed by atoms with Crippen molar-refractivity contribution in [3.63, 3.8) is 0 Å². The standard InChI is InChI=1S/C16H20N4OS.2ClH/c1-11-3-4-13(17)9-14(11)15(21)19-5-7-20(8-6-19)16-18-12(2)10-22-16;;/h3-4,9-10H,5-8,17H2,1-2H3;2*1H. The van der Waals surface area contributed by atoms with E-state index in [1.54, 1.807) is 17.4 Å². The average Bonchev–Trinajstić information content (AvgIpc) is 2.96. The SMILES string of the molecule is Cc1csc(N2CCN(C(=O)c3cc(N)ccc3C)CC2)n1.Cl.Cl. The Morgan fingerprint density at radius 3 is 2.42 bits per heavy atom. The Morgan fingerprint density at radius 2 is 1.83 bits per heavy atom. The minimum atomic E-state index is 0. The number of benzene rings is 1. The maximum Gasteiger partial charge on any atom is 0.254 e. The lowest BCUT2D eigenvalue weighted by Gasteiger charge is -2.34. The number of hydrogen-bond acceptors (Lipinski definition) is 5. The van der Waals surface area contributed by atoms with Gasteiger partial charge >= 0.3 is 0 Å². The number of halogens is 2. The van der Waals surface area contributed by atoms with Crippen molar-refractivity contribution in [2.45, 2.75) is 13.8 Å². The number of hydrogen-bond donors (Lipinski definition) is 1. The Morgan fingerprint density at radius 1 is 1.17 bits per heavy atom. The molecule has 1 aliphatic rings. The summed E-state index contributed by atoms with van der Waals surface area (Å²) < 4.78 is 0. The van der Waals surface area contributed by atoms with Crippen LogP contribution >= 0.6 is 36.2 Å².